The first-order valence-corrected chi connectivity index (χ1v) is 21.1. The van der Waals surface area contributed by atoms with Crippen LogP contribution in [0.15, 0.2) is 164 Å². The van der Waals surface area contributed by atoms with E-state index in [0.29, 0.717) is 22.8 Å². The van der Waals surface area contributed by atoms with Crippen LogP contribution < -0.4 is 16.0 Å². The Morgan fingerprint density at radius 2 is 1.16 bits per heavy atom. The third-order valence-corrected chi connectivity index (χ3v) is 11.8. The van der Waals surface area contributed by atoms with E-state index in [-0.39, 0.29) is 28.6 Å². The first-order chi connectivity index (χ1) is 30.9. The number of fused-ring (bicyclic) bond motifs is 6. The Kier molecular flexibility index (Phi) is 10.1. The number of carbonyl (C=O) groups excluding carboxylic acids is 3. The van der Waals surface area contributed by atoms with Gasteiger partial charge in [0.1, 0.15) is 11.4 Å². The second-order valence-electron chi connectivity index (χ2n) is 15.5. The Labute approximate surface area is 363 Å². The molecular weight excluding hydrogens is 783 g/mol. The fraction of sp³-hybridized carbons (Fsp3) is 0.0943. The zero-order valence-electron chi connectivity index (χ0n) is 34.6. The van der Waals surface area contributed by atoms with Gasteiger partial charge >= 0.3 is 0 Å². The molecule has 0 radical (unpaired) electrons. The Balaban J connectivity index is 0.995. The minimum atomic E-state index is -0.582. The van der Waals surface area contributed by atoms with Crippen molar-refractivity contribution in [3.8, 4) is 33.6 Å². The highest BCUT2D eigenvalue weighted by Gasteiger charge is 2.28. The molecule has 306 valence electrons. The summed E-state index contributed by atoms with van der Waals surface area (Å²) in [5.74, 6) is -1.39. The zero-order valence-corrected chi connectivity index (χ0v) is 34.6. The van der Waals surface area contributed by atoms with Crippen LogP contribution in [0.4, 0.5) is 17.3 Å². The van der Waals surface area contributed by atoms with Crippen LogP contribution in [0, 0.1) is 0 Å². The van der Waals surface area contributed by atoms with E-state index in [2.05, 4.69) is 81.0 Å². The fourth-order valence-electron chi connectivity index (χ4n) is 8.91. The van der Waals surface area contributed by atoms with Crippen molar-refractivity contribution in [3.63, 3.8) is 0 Å². The van der Waals surface area contributed by atoms with E-state index >= 15 is 0 Å². The Hall–Kier alpha value is -8.24. The fourth-order valence-corrected chi connectivity index (χ4v) is 8.91. The molecule has 0 saturated carbocycles. The number of anilines is 3. The number of nitrogens with zero attached hydrogens (tertiary/aromatic N) is 4. The Morgan fingerprint density at radius 1 is 0.524 bits per heavy atom. The standard InChI is InChI=1S/C53H41N7O3/c1-3-37-38-19-11-12-20-39(38)43-30-35(24-27-40(37)43)55-52(63)45-29-34(50(61)57-53-56-48(32-15-7-5-8-16-32)49(58-59-53)33-17-9-6-10-18-33)23-26-42(45)51(62)54-36-25-28-47-44(31-36)41-21-13-14-22-46(41)60(47)4-2/h5-31,37H,3-4H2,1-2H3,(H,54,62)(H,55,63)(H,56,57,59,61). The van der Waals surface area contributed by atoms with Crippen molar-refractivity contribution in [2.75, 3.05) is 16.0 Å². The molecule has 1 aliphatic carbocycles. The van der Waals surface area contributed by atoms with Crippen molar-refractivity contribution in [3.05, 3.63) is 192 Å². The summed E-state index contributed by atoms with van der Waals surface area (Å²) in [5.41, 5.74) is 10.9. The number of hydrogen-bond donors (Lipinski definition) is 3. The monoisotopic (exact) mass is 823 g/mol. The molecule has 0 spiro atoms. The van der Waals surface area contributed by atoms with Crippen molar-refractivity contribution in [1.29, 1.82) is 0 Å². The molecule has 10 rings (SSSR count). The molecule has 0 aliphatic heterocycles. The predicted molar refractivity (Wildman–Crippen MR) is 250 cm³/mol. The summed E-state index contributed by atoms with van der Waals surface area (Å²) in [6.45, 7) is 5.07. The number of amides is 3. The lowest BCUT2D eigenvalue weighted by Crippen LogP contribution is -2.22. The first kappa shape index (κ1) is 38.9. The number of para-hydroxylation sites is 1. The second kappa shape index (κ2) is 16.3. The normalized spacial score (nSPS) is 12.8. The molecule has 3 N–H and O–H groups in total. The molecule has 1 aliphatic rings. The van der Waals surface area contributed by atoms with Gasteiger partial charge in [-0.15, -0.1) is 10.2 Å². The van der Waals surface area contributed by atoms with Gasteiger partial charge in [-0.1, -0.05) is 116 Å². The van der Waals surface area contributed by atoms with E-state index in [1.54, 1.807) is 0 Å². The smallest absolute Gasteiger partial charge is 0.258 e. The molecule has 10 nitrogen and oxygen atoms in total. The van der Waals surface area contributed by atoms with Crippen molar-refractivity contribution in [1.82, 2.24) is 19.7 Å². The summed E-state index contributed by atoms with van der Waals surface area (Å²) in [6.07, 6.45) is 0.947. The van der Waals surface area contributed by atoms with Crippen molar-refractivity contribution in [2.45, 2.75) is 32.7 Å². The van der Waals surface area contributed by atoms with E-state index in [1.165, 1.54) is 29.3 Å². The number of benzene rings is 7. The molecule has 7 aromatic carbocycles. The lowest BCUT2D eigenvalue weighted by Gasteiger charge is -2.14. The van der Waals surface area contributed by atoms with Gasteiger partial charge in [0.25, 0.3) is 17.7 Å². The van der Waals surface area contributed by atoms with Crippen LogP contribution in [0.3, 0.4) is 0 Å². The summed E-state index contributed by atoms with van der Waals surface area (Å²) in [7, 11) is 0. The molecule has 2 aromatic heterocycles. The van der Waals surface area contributed by atoms with Crippen LogP contribution in [-0.2, 0) is 6.54 Å². The molecule has 1 atom stereocenters. The quantitative estimate of drug-likeness (QED) is 0.126. The van der Waals surface area contributed by atoms with Crippen molar-refractivity contribution >= 4 is 56.9 Å². The highest BCUT2D eigenvalue weighted by atomic mass is 16.2. The maximum Gasteiger partial charge on any atom is 0.258 e. The summed E-state index contributed by atoms with van der Waals surface area (Å²) >= 11 is 0. The van der Waals surface area contributed by atoms with E-state index in [4.69, 9.17) is 4.98 Å². The van der Waals surface area contributed by atoms with Crippen LogP contribution in [0.5, 0.6) is 0 Å². The maximum absolute atomic E-state index is 14.5. The van der Waals surface area contributed by atoms with E-state index in [0.717, 1.165) is 57.0 Å². The molecule has 9 aromatic rings. The molecule has 0 saturated heterocycles. The highest BCUT2D eigenvalue weighted by Crippen LogP contribution is 2.47. The van der Waals surface area contributed by atoms with Crippen LogP contribution in [-0.4, -0.2) is 37.5 Å². The van der Waals surface area contributed by atoms with Crippen LogP contribution in [0.1, 0.15) is 68.4 Å². The number of aromatic nitrogens is 4. The zero-order chi connectivity index (χ0) is 43.0. The van der Waals surface area contributed by atoms with Crippen LogP contribution >= 0.6 is 0 Å². The van der Waals surface area contributed by atoms with Crippen LogP contribution in [0.2, 0.25) is 0 Å². The van der Waals surface area contributed by atoms with Gasteiger partial charge in [0.2, 0.25) is 5.95 Å². The average Bonchev–Trinajstić information content (AvgIpc) is 3.83. The molecule has 0 fully saturated rings. The highest BCUT2D eigenvalue weighted by molar-refractivity contribution is 6.18. The van der Waals surface area contributed by atoms with Crippen molar-refractivity contribution in [2.24, 2.45) is 0 Å². The Bertz CT molecular complexity index is 3250. The van der Waals surface area contributed by atoms with Gasteiger partial charge in [-0.05, 0) is 90.2 Å². The molecule has 63 heavy (non-hydrogen) atoms. The largest absolute Gasteiger partial charge is 0.341 e. The van der Waals surface area contributed by atoms with Crippen molar-refractivity contribution < 1.29 is 14.4 Å². The molecular formula is C53H41N7O3. The molecule has 2 heterocycles. The summed E-state index contributed by atoms with van der Waals surface area (Å²) in [4.78, 5) is 47.5. The summed E-state index contributed by atoms with van der Waals surface area (Å²) in [6, 6.07) is 51.8. The maximum atomic E-state index is 14.5. The average molecular weight is 824 g/mol. The third kappa shape index (κ3) is 7.17. The molecule has 1 unspecified atom stereocenters. The van der Waals surface area contributed by atoms with Gasteiger partial charge in [-0.3, -0.25) is 19.7 Å². The first-order valence-electron chi connectivity index (χ1n) is 21.1. The third-order valence-electron chi connectivity index (χ3n) is 11.8. The number of carbonyl (C=O) groups is 3. The van der Waals surface area contributed by atoms with Gasteiger partial charge in [0, 0.05) is 62.3 Å². The lowest BCUT2D eigenvalue weighted by molar-refractivity contribution is 0.0989. The SMILES string of the molecule is CCC1c2ccccc2-c2cc(NC(=O)c3cc(C(=O)Nc4nnc(-c5ccccc5)c(-c5ccccc5)n4)ccc3C(=O)Nc3ccc4c(c3)c3ccccc3n4CC)ccc21. The second-order valence-corrected chi connectivity index (χ2v) is 15.5. The summed E-state index contributed by atoms with van der Waals surface area (Å²) < 4.78 is 2.24. The molecule has 3 amide bonds. The molecule has 10 heteroatoms. The predicted octanol–water partition coefficient (Wildman–Crippen LogP) is 11.6. The number of hydrogen-bond acceptors (Lipinski definition) is 6. The minimum Gasteiger partial charge on any atom is -0.341 e. The minimum absolute atomic E-state index is 0.0135. The van der Waals surface area contributed by atoms with E-state index < -0.39 is 17.7 Å². The van der Waals surface area contributed by atoms with Gasteiger partial charge in [-0.2, -0.15) is 0 Å². The van der Waals surface area contributed by atoms with E-state index in [1.807, 2.05) is 109 Å². The van der Waals surface area contributed by atoms with E-state index in [9.17, 15) is 14.4 Å². The number of aryl methyl sites for hydroxylation is 1. The topological polar surface area (TPSA) is 131 Å². The van der Waals surface area contributed by atoms with Gasteiger partial charge in [0.15, 0.2) is 0 Å². The number of nitrogens with one attached hydrogen (secondary N) is 3. The Morgan fingerprint density at radius 3 is 1.92 bits per heavy atom. The van der Waals surface area contributed by atoms with Gasteiger partial charge in [0.05, 0.1) is 11.1 Å². The van der Waals surface area contributed by atoms with Gasteiger partial charge < -0.3 is 15.2 Å². The van der Waals surface area contributed by atoms with Gasteiger partial charge in [-0.25, -0.2) is 4.98 Å². The molecule has 0 bridgehead atoms. The summed E-state index contributed by atoms with van der Waals surface area (Å²) in [5, 5.41) is 19.7. The number of rotatable bonds is 10. The lowest BCUT2D eigenvalue weighted by atomic mass is 9.94. The van der Waals surface area contributed by atoms with Crippen LogP contribution in [0.25, 0.3) is 55.4 Å².